The molecule has 0 atom stereocenters. The van der Waals surface area contributed by atoms with Crippen molar-refractivity contribution in [1.29, 1.82) is 0 Å². The van der Waals surface area contributed by atoms with Gasteiger partial charge in [-0.05, 0) is 32.4 Å². The third kappa shape index (κ3) is 5.87. The normalized spacial score (nSPS) is 12.0. The summed E-state index contributed by atoms with van der Waals surface area (Å²) in [6, 6.07) is 1.51. The maximum atomic E-state index is 13.1. The van der Waals surface area contributed by atoms with Gasteiger partial charge in [-0.25, -0.2) is 19.2 Å². The van der Waals surface area contributed by atoms with E-state index in [4.69, 9.17) is 4.74 Å². The van der Waals surface area contributed by atoms with Crippen LogP contribution in [0.25, 0.3) is 11.1 Å². The molecule has 0 aliphatic carbocycles. The molecular weight excluding hydrogens is 368 g/mol. The quantitative estimate of drug-likeness (QED) is 0.802. The second-order valence-electron chi connectivity index (χ2n) is 6.61. The lowest BCUT2D eigenvalue weighted by Gasteiger charge is -2.20. The molecule has 10 heteroatoms. The number of pyridine rings is 1. The van der Waals surface area contributed by atoms with Crippen molar-refractivity contribution in [3.8, 4) is 11.1 Å². The van der Waals surface area contributed by atoms with Crippen LogP contribution in [0.3, 0.4) is 0 Å². The highest BCUT2D eigenvalue weighted by Gasteiger charge is 2.34. The molecule has 0 saturated heterocycles. The fourth-order valence-electron chi connectivity index (χ4n) is 2.07. The van der Waals surface area contributed by atoms with Gasteiger partial charge in [-0.3, -0.25) is 4.98 Å². The lowest BCUT2D eigenvalue weighted by molar-refractivity contribution is -0.144. The zero-order valence-electron chi connectivity index (χ0n) is 14.9. The van der Waals surface area contributed by atoms with Crippen molar-refractivity contribution in [1.82, 2.24) is 20.3 Å². The molecule has 2 heterocycles. The molecule has 0 aliphatic heterocycles. The van der Waals surface area contributed by atoms with E-state index in [0.717, 1.165) is 12.4 Å². The van der Waals surface area contributed by atoms with E-state index in [1.807, 2.05) is 0 Å². The minimum Gasteiger partial charge on any atom is -0.444 e. The third-order valence-corrected chi connectivity index (χ3v) is 3.25. The molecule has 0 spiro atoms. The molecule has 0 bridgehead atoms. The van der Waals surface area contributed by atoms with Crippen molar-refractivity contribution in [3.05, 3.63) is 41.7 Å². The van der Waals surface area contributed by atoms with Crippen LogP contribution in [0.5, 0.6) is 0 Å². The average molecular weight is 386 g/mol. The van der Waals surface area contributed by atoms with Gasteiger partial charge in [0.05, 0.1) is 5.69 Å². The van der Waals surface area contributed by atoms with Gasteiger partial charge in [-0.2, -0.15) is 13.2 Å². The average Bonchev–Trinajstić information content (AvgIpc) is 2.57. The van der Waals surface area contributed by atoms with Crippen molar-refractivity contribution in [2.24, 2.45) is 0 Å². The summed E-state index contributed by atoms with van der Waals surface area (Å²) in [6.07, 6.45) is -2.01. The van der Waals surface area contributed by atoms with Crippen molar-refractivity contribution in [2.75, 3.05) is 0 Å². The lowest BCUT2D eigenvalue weighted by Crippen LogP contribution is -2.32. The molecule has 2 aromatic rings. The first-order valence-electron chi connectivity index (χ1n) is 7.90. The molecule has 1 amide bonds. The highest BCUT2D eigenvalue weighted by atomic mass is 19.4. The first kappa shape index (κ1) is 20.5. The van der Waals surface area contributed by atoms with Crippen LogP contribution in [-0.4, -0.2) is 26.6 Å². The Morgan fingerprint density at radius 3 is 2.19 bits per heavy atom. The molecule has 2 aromatic heterocycles. The molecule has 0 unspecified atom stereocenters. The second kappa shape index (κ2) is 7.85. The van der Waals surface area contributed by atoms with Gasteiger partial charge in [0, 0.05) is 36.3 Å². The summed E-state index contributed by atoms with van der Waals surface area (Å²) >= 11 is 0. The molecule has 0 aliphatic rings. The summed E-state index contributed by atoms with van der Waals surface area (Å²) in [5, 5.41) is 2.49. The first-order chi connectivity index (χ1) is 12.5. The minimum absolute atomic E-state index is 0.0590. The first-order valence-corrected chi connectivity index (χ1v) is 7.90. The van der Waals surface area contributed by atoms with Gasteiger partial charge in [0.2, 0.25) is 5.82 Å². The van der Waals surface area contributed by atoms with Crippen LogP contribution in [0.4, 0.5) is 22.4 Å². The summed E-state index contributed by atoms with van der Waals surface area (Å²) in [5.41, 5.74) is 0.440. The molecule has 0 radical (unpaired) electrons. The number of aromatic nitrogens is 3. The predicted octanol–water partition coefficient (Wildman–Crippen LogP) is 4.05. The fraction of sp³-hybridized carbons (Fsp3) is 0.412. The van der Waals surface area contributed by atoms with E-state index in [2.05, 4.69) is 20.3 Å². The number of carbonyl (C=O) groups excluding carboxylic acids is 1. The van der Waals surface area contributed by atoms with E-state index in [1.165, 1.54) is 12.3 Å². The van der Waals surface area contributed by atoms with Crippen LogP contribution in [0.1, 0.15) is 37.9 Å². The number of alkyl carbamates (subject to hydrolysis) is 1. The largest absolute Gasteiger partial charge is 0.451 e. The molecule has 0 fully saturated rings. The van der Waals surface area contributed by atoms with E-state index in [9.17, 15) is 22.4 Å². The SMILES string of the molecule is CC(C)(C)OC(=O)NCc1cc(-c2cnc(C(F)(F)F)nc2)cnc1CF. The Kier molecular flexibility index (Phi) is 5.97. The molecule has 0 saturated carbocycles. The summed E-state index contributed by atoms with van der Waals surface area (Å²) in [4.78, 5) is 22.3. The highest BCUT2D eigenvalue weighted by molar-refractivity contribution is 5.68. The minimum atomic E-state index is -4.64. The predicted molar refractivity (Wildman–Crippen MR) is 88.2 cm³/mol. The monoisotopic (exact) mass is 386 g/mol. The van der Waals surface area contributed by atoms with E-state index >= 15 is 0 Å². The molecule has 0 aromatic carbocycles. The molecule has 146 valence electrons. The van der Waals surface area contributed by atoms with Gasteiger partial charge in [0.15, 0.2) is 0 Å². The van der Waals surface area contributed by atoms with E-state index in [0.29, 0.717) is 11.1 Å². The van der Waals surface area contributed by atoms with Crippen LogP contribution < -0.4 is 5.32 Å². The van der Waals surface area contributed by atoms with Crippen molar-refractivity contribution < 1.29 is 27.1 Å². The van der Waals surface area contributed by atoms with Crippen LogP contribution >= 0.6 is 0 Å². The highest BCUT2D eigenvalue weighted by Crippen LogP contribution is 2.27. The molecular formula is C17H18F4N4O2. The van der Waals surface area contributed by atoms with Crippen molar-refractivity contribution >= 4 is 6.09 Å². The van der Waals surface area contributed by atoms with Gasteiger partial charge in [0.1, 0.15) is 12.3 Å². The summed E-state index contributed by atoms with van der Waals surface area (Å²) in [6.45, 7) is 4.18. The number of nitrogens with zero attached hydrogens (tertiary/aromatic N) is 3. The van der Waals surface area contributed by atoms with Gasteiger partial charge in [-0.1, -0.05) is 0 Å². The molecule has 2 rings (SSSR count). The van der Waals surface area contributed by atoms with Crippen LogP contribution in [0.15, 0.2) is 24.7 Å². The molecule has 1 N–H and O–H groups in total. The molecule has 27 heavy (non-hydrogen) atoms. The standard InChI is InChI=1S/C17H18F4N4O2/c1-16(2,3)27-15(26)25-7-11-4-10(6-22-13(11)5-18)12-8-23-14(24-9-12)17(19,20)21/h4,6,8-9H,5,7H2,1-3H3,(H,25,26). The van der Waals surface area contributed by atoms with Crippen molar-refractivity contribution in [2.45, 2.75) is 45.8 Å². The van der Waals surface area contributed by atoms with E-state index < -0.39 is 30.4 Å². The summed E-state index contributed by atoms with van der Waals surface area (Å²) in [7, 11) is 0. The fourth-order valence-corrected chi connectivity index (χ4v) is 2.07. The number of ether oxygens (including phenoxy) is 1. The Balaban J connectivity index is 2.20. The zero-order valence-corrected chi connectivity index (χ0v) is 14.9. The number of nitrogens with one attached hydrogen (secondary N) is 1. The van der Waals surface area contributed by atoms with Crippen LogP contribution in [0.2, 0.25) is 0 Å². The maximum absolute atomic E-state index is 13.1. The topological polar surface area (TPSA) is 77.0 Å². The van der Waals surface area contributed by atoms with E-state index in [-0.39, 0.29) is 17.8 Å². The Morgan fingerprint density at radius 2 is 1.67 bits per heavy atom. The Labute approximate surface area is 153 Å². The van der Waals surface area contributed by atoms with Crippen molar-refractivity contribution in [3.63, 3.8) is 0 Å². The molecule has 6 nitrogen and oxygen atoms in total. The zero-order chi connectivity index (χ0) is 20.2. The number of amides is 1. The Bertz CT molecular complexity index is 802. The number of alkyl halides is 4. The lowest BCUT2D eigenvalue weighted by atomic mass is 10.1. The van der Waals surface area contributed by atoms with E-state index in [1.54, 1.807) is 20.8 Å². The van der Waals surface area contributed by atoms with Gasteiger partial charge < -0.3 is 10.1 Å². The van der Waals surface area contributed by atoms with Gasteiger partial charge in [-0.15, -0.1) is 0 Å². The number of halogens is 4. The number of carbonyl (C=O) groups is 1. The summed E-state index contributed by atoms with van der Waals surface area (Å²) in [5.74, 6) is -1.26. The van der Waals surface area contributed by atoms with Crippen LogP contribution in [0, 0.1) is 0 Å². The second-order valence-corrected chi connectivity index (χ2v) is 6.61. The number of hydrogen-bond donors (Lipinski definition) is 1. The third-order valence-electron chi connectivity index (χ3n) is 3.25. The van der Waals surface area contributed by atoms with Gasteiger partial charge >= 0.3 is 12.3 Å². The van der Waals surface area contributed by atoms with Crippen LogP contribution in [-0.2, 0) is 24.1 Å². The number of rotatable bonds is 4. The van der Waals surface area contributed by atoms with Gasteiger partial charge in [0.25, 0.3) is 0 Å². The Hall–Kier alpha value is -2.78. The number of hydrogen-bond acceptors (Lipinski definition) is 5. The smallest absolute Gasteiger partial charge is 0.444 e. The maximum Gasteiger partial charge on any atom is 0.451 e. The Morgan fingerprint density at radius 1 is 1.07 bits per heavy atom. The summed E-state index contributed by atoms with van der Waals surface area (Å²) < 4.78 is 55.9.